The van der Waals surface area contributed by atoms with Crippen molar-refractivity contribution in [3.05, 3.63) is 29.6 Å². The van der Waals surface area contributed by atoms with Crippen molar-refractivity contribution in [3.8, 4) is 0 Å². The summed E-state index contributed by atoms with van der Waals surface area (Å²) >= 11 is 0. The van der Waals surface area contributed by atoms with Crippen LogP contribution in [0.15, 0.2) is 18.2 Å². The van der Waals surface area contributed by atoms with Gasteiger partial charge < -0.3 is 16.4 Å². The van der Waals surface area contributed by atoms with Crippen LogP contribution in [0.3, 0.4) is 0 Å². The quantitative estimate of drug-likeness (QED) is 0.776. The molecule has 1 rings (SSSR count). The zero-order valence-corrected chi connectivity index (χ0v) is 11.2. The minimum absolute atomic E-state index is 0.136. The molecule has 6 heteroatoms. The molecule has 0 saturated heterocycles. The molecule has 0 bridgehead atoms. The Bertz CT molecular complexity index is 489. The molecule has 0 aliphatic rings. The van der Waals surface area contributed by atoms with Gasteiger partial charge in [0.25, 0.3) is 0 Å². The first-order valence-electron chi connectivity index (χ1n) is 5.94. The molecule has 0 saturated carbocycles. The fourth-order valence-corrected chi connectivity index (χ4v) is 1.58. The summed E-state index contributed by atoms with van der Waals surface area (Å²) < 4.78 is 13.4. The van der Waals surface area contributed by atoms with Gasteiger partial charge in [0.2, 0.25) is 5.91 Å². The Hall–Kier alpha value is -2.11. The summed E-state index contributed by atoms with van der Waals surface area (Å²) in [5, 5.41) is 4.91. The van der Waals surface area contributed by atoms with E-state index in [0.29, 0.717) is 11.3 Å². The predicted octanol–water partition coefficient (Wildman–Crippen LogP) is 1.77. The second-order valence-electron chi connectivity index (χ2n) is 4.68. The van der Waals surface area contributed by atoms with Gasteiger partial charge in [-0.25, -0.2) is 9.18 Å². The highest BCUT2D eigenvalue weighted by Gasteiger charge is 2.23. The SMILES string of the molecule is Cc1ccc(NC(=O)[C@@H](NC(N)=O)C(C)C)cc1F. The summed E-state index contributed by atoms with van der Waals surface area (Å²) in [5.74, 6) is -0.971. The van der Waals surface area contributed by atoms with Crippen molar-refractivity contribution in [2.24, 2.45) is 11.7 Å². The Kier molecular flexibility index (Phi) is 4.86. The zero-order valence-electron chi connectivity index (χ0n) is 11.2. The first-order chi connectivity index (χ1) is 8.81. The van der Waals surface area contributed by atoms with Crippen LogP contribution in [0.1, 0.15) is 19.4 Å². The van der Waals surface area contributed by atoms with Gasteiger partial charge in [-0.05, 0) is 30.5 Å². The van der Waals surface area contributed by atoms with Gasteiger partial charge in [-0.15, -0.1) is 0 Å². The van der Waals surface area contributed by atoms with Gasteiger partial charge in [-0.2, -0.15) is 0 Å². The summed E-state index contributed by atoms with van der Waals surface area (Å²) in [5.41, 5.74) is 5.85. The summed E-state index contributed by atoms with van der Waals surface area (Å²) in [6.45, 7) is 5.18. The van der Waals surface area contributed by atoms with Gasteiger partial charge in [0.15, 0.2) is 0 Å². The molecule has 5 nitrogen and oxygen atoms in total. The van der Waals surface area contributed by atoms with Gasteiger partial charge in [-0.1, -0.05) is 19.9 Å². The smallest absolute Gasteiger partial charge is 0.312 e. The van der Waals surface area contributed by atoms with Crippen LogP contribution >= 0.6 is 0 Å². The number of halogens is 1. The number of carbonyl (C=O) groups excluding carboxylic acids is 2. The molecule has 1 atom stereocenters. The van der Waals surface area contributed by atoms with E-state index in [9.17, 15) is 14.0 Å². The average molecular weight is 267 g/mol. The van der Waals surface area contributed by atoms with E-state index in [4.69, 9.17) is 5.73 Å². The Labute approximate surface area is 111 Å². The van der Waals surface area contributed by atoms with E-state index in [1.54, 1.807) is 32.9 Å². The van der Waals surface area contributed by atoms with Crippen LogP contribution in [-0.4, -0.2) is 18.0 Å². The third-order valence-corrected chi connectivity index (χ3v) is 2.69. The Morgan fingerprint density at radius 2 is 1.95 bits per heavy atom. The highest BCUT2D eigenvalue weighted by molar-refractivity contribution is 5.97. The maximum Gasteiger partial charge on any atom is 0.312 e. The summed E-state index contributed by atoms with van der Waals surface area (Å²) in [6.07, 6.45) is 0. The number of nitrogens with one attached hydrogen (secondary N) is 2. The second kappa shape index (κ2) is 6.17. The lowest BCUT2D eigenvalue weighted by atomic mass is 10.0. The van der Waals surface area contributed by atoms with Crippen LogP contribution in [0.5, 0.6) is 0 Å². The number of anilines is 1. The van der Waals surface area contributed by atoms with Crippen molar-refractivity contribution >= 4 is 17.6 Å². The van der Waals surface area contributed by atoms with Crippen molar-refractivity contribution in [2.45, 2.75) is 26.8 Å². The van der Waals surface area contributed by atoms with E-state index in [0.717, 1.165) is 0 Å². The minimum atomic E-state index is -0.774. The second-order valence-corrected chi connectivity index (χ2v) is 4.68. The normalized spacial score (nSPS) is 12.1. The molecule has 0 heterocycles. The van der Waals surface area contributed by atoms with Gasteiger partial charge in [0, 0.05) is 5.69 Å². The lowest BCUT2D eigenvalue weighted by Crippen LogP contribution is -2.49. The standard InChI is InChI=1S/C13H18FN3O2/c1-7(2)11(17-13(15)19)12(18)16-9-5-4-8(3)10(14)6-9/h4-7,11H,1-3H3,(H,16,18)(H3,15,17,19)/t11-/m0/s1. The van der Waals surface area contributed by atoms with Crippen molar-refractivity contribution in [2.75, 3.05) is 5.32 Å². The lowest BCUT2D eigenvalue weighted by molar-refractivity contribution is -0.118. The number of hydrogen-bond acceptors (Lipinski definition) is 2. The van der Waals surface area contributed by atoms with E-state index in [1.165, 1.54) is 6.07 Å². The monoisotopic (exact) mass is 267 g/mol. The number of carbonyl (C=O) groups is 2. The first-order valence-corrected chi connectivity index (χ1v) is 5.94. The van der Waals surface area contributed by atoms with Crippen LogP contribution in [0, 0.1) is 18.7 Å². The van der Waals surface area contributed by atoms with Crippen molar-refractivity contribution < 1.29 is 14.0 Å². The molecule has 104 valence electrons. The molecule has 0 fully saturated rings. The van der Waals surface area contributed by atoms with E-state index in [2.05, 4.69) is 10.6 Å². The molecule has 0 aliphatic heterocycles. The van der Waals surface area contributed by atoms with Crippen LogP contribution in [0.25, 0.3) is 0 Å². The van der Waals surface area contributed by atoms with E-state index in [-0.39, 0.29) is 5.92 Å². The van der Waals surface area contributed by atoms with Crippen LogP contribution < -0.4 is 16.4 Å². The third-order valence-electron chi connectivity index (χ3n) is 2.69. The largest absolute Gasteiger partial charge is 0.352 e. The zero-order chi connectivity index (χ0) is 14.6. The number of hydrogen-bond donors (Lipinski definition) is 3. The van der Waals surface area contributed by atoms with Gasteiger partial charge in [-0.3, -0.25) is 4.79 Å². The Balaban J connectivity index is 2.81. The van der Waals surface area contributed by atoms with Gasteiger partial charge >= 0.3 is 6.03 Å². The van der Waals surface area contributed by atoms with Crippen LogP contribution in [-0.2, 0) is 4.79 Å². The fourth-order valence-electron chi connectivity index (χ4n) is 1.58. The fraction of sp³-hybridized carbons (Fsp3) is 0.385. The van der Waals surface area contributed by atoms with Crippen molar-refractivity contribution in [3.63, 3.8) is 0 Å². The summed E-state index contributed by atoms with van der Waals surface area (Å²) in [7, 11) is 0. The van der Waals surface area contributed by atoms with Crippen molar-refractivity contribution in [1.82, 2.24) is 5.32 Å². The maximum absolute atomic E-state index is 13.4. The highest BCUT2D eigenvalue weighted by atomic mass is 19.1. The van der Waals surface area contributed by atoms with Gasteiger partial charge in [0.05, 0.1) is 0 Å². The van der Waals surface area contributed by atoms with E-state index < -0.39 is 23.8 Å². The molecule has 0 aliphatic carbocycles. The molecule has 3 amide bonds. The topological polar surface area (TPSA) is 84.2 Å². The number of nitrogens with two attached hydrogens (primary N) is 1. The minimum Gasteiger partial charge on any atom is -0.352 e. The lowest BCUT2D eigenvalue weighted by Gasteiger charge is -2.20. The third kappa shape index (κ3) is 4.24. The molecule has 0 aromatic heterocycles. The van der Waals surface area contributed by atoms with E-state index in [1.807, 2.05) is 0 Å². The molecule has 1 aromatic rings. The average Bonchev–Trinajstić information content (AvgIpc) is 2.30. The summed E-state index contributed by atoms with van der Waals surface area (Å²) in [6, 6.07) is 2.86. The Morgan fingerprint density at radius 1 is 1.32 bits per heavy atom. The molecule has 19 heavy (non-hydrogen) atoms. The molecule has 0 unspecified atom stereocenters. The molecule has 0 spiro atoms. The number of urea groups is 1. The van der Waals surface area contributed by atoms with Crippen LogP contribution in [0.2, 0.25) is 0 Å². The number of rotatable bonds is 4. The molecular formula is C13H18FN3O2. The summed E-state index contributed by atoms with van der Waals surface area (Å²) in [4.78, 5) is 22.8. The molecule has 0 radical (unpaired) electrons. The number of primary amides is 1. The molecule has 4 N–H and O–H groups in total. The first kappa shape index (κ1) is 14.9. The van der Waals surface area contributed by atoms with E-state index >= 15 is 0 Å². The molecular weight excluding hydrogens is 249 g/mol. The highest BCUT2D eigenvalue weighted by Crippen LogP contribution is 2.14. The Morgan fingerprint density at radius 3 is 2.42 bits per heavy atom. The number of benzene rings is 1. The number of amides is 3. The van der Waals surface area contributed by atoms with Gasteiger partial charge in [0.1, 0.15) is 11.9 Å². The van der Waals surface area contributed by atoms with Crippen molar-refractivity contribution in [1.29, 1.82) is 0 Å². The number of aryl methyl sites for hydroxylation is 1. The maximum atomic E-state index is 13.4. The predicted molar refractivity (Wildman–Crippen MR) is 71.1 cm³/mol. The van der Waals surface area contributed by atoms with Crippen LogP contribution in [0.4, 0.5) is 14.9 Å². The molecule has 1 aromatic carbocycles.